The second-order valence-electron chi connectivity index (χ2n) is 4.58. The molecule has 2 rings (SSSR count). The average molecular weight is 290 g/mol. The maximum atomic E-state index is 14.0. The van der Waals surface area contributed by atoms with Gasteiger partial charge in [0.1, 0.15) is 11.5 Å². The third-order valence-corrected chi connectivity index (χ3v) is 3.10. The van der Waals surface area contributed by atoms with E-state index in [0.29, 0.717) is 12.0 Å². The Hall–Kier alpha value is -2.50. The maximum Gasteiger partial charge on any atom is 0.362 e. The topological polar surface area (TPSA) is 61.2 Å². The Morgan fingerprint density at radius 1 is 1.43 bits per heavy atom. The molecule has 110 valence electrons. The lowest BCUT2D eigenvalue weighted by Crippen LogP contribution is -2.25. The number of halogens is 1. The molecule has 0 aliphatic carbocycles. The van der Waals surface area contributed by atoms with Crippen LogP contribution in [0.2, 0.25) is 0 Å². The van der Waals surface area contributed by atoms with Crippen molar-refractivity contribution in [1.82, 2.24) is 9.78 Å². The van der Waals surface area contributed by atoms with Gasteiger partial charge in [-0.05, 0) is 31.0 Å². The highest BCUT2D eigenvalue weighted by Crippen LogP contribution is 2.14. The van der Waals surface area contributed by atoms with Crippen LogP contribution in [0, 0.1) is 12.7 Å². The van der Waals surface area contributed by atoms with E-state index in [1.54, 1.807) is 26.0 Å². The number of ether oxygens (including phenoxy) is 1. The third-order valence-electron chi connectivity index (χ3n) is 3.10. The highest BCUT2D eigenvalue weighted by Gasteiger charge is 2.18. The van der Waals surface area contributed by atoms with Crippen molar-refractivity contribution >= 4 is 5.97 Å². The summed E-state index contributed by atoms with van der Waals surface area (Å²) in [5.41, 5.74) is 0.456. The number of esters is 1. The fraction of sp³-hybridized carbons (Fsp3) is 0.267. The summed E-state index contributed by atoms with van der Waals surface area (Å²) in [6, 6.07) is 4.63. The van der Waals surface area contributed by atoms with Gasteiger partial charge in [-0.1, -0.05) is 13.0 Å². The lowest BCUT2D eigenvalue weighted by atomic mass is 10.2. The molecule has 21 heavy (non-hydrogen) atoms. The molecule has 0 aliphatic rings. The van der Waals surface area contributed by atoms with Crippen LogP contribution in [-0.4, -0.2) is 22.9 Å². The second kappa shape index (κ2) is 5.87. The minimum Gasteiger partial charge on any atom is -0.464 e. The van der Waals surface area contributed by atoms with Gasteiger partial charge in [0.25, 0.3) is 0 Å². The molecule has 0 spiro atoms. The summed E-state index contributed by atoms with van der Waals surface area (Å²) in [5.74, 6) is -1.32. The van der Waals surface area contributed by atoms with Crippen LogP contribution in [-0.2, 0) is 11.2 Å². The molecule has 0 amide bonds. The van der Waals surface area contributed by atoms with Crippen LogP contribution in [0.3, 0.4) is 0 Å². The fourth-order valence-corrected chi connectivity index (χ4v) is 1.94. The number of hydrogen-bond acceptors (Lipinski definition) is 4. The minimum absolute atomic E-state index is 0.167. The molecule has 2 aromatic rings. The van der Waals surface area contributed by atoms with Gasteiger partial charge in [0, 0.05) is 11.8 Å². The molecule has 0 fully saturated rings. The van der Waals surface area contributed by atoms with E-state index in [2.05, 4.69) is 9.84 Å². The van der Waals surface area contributed by atoms with Gasteiger partial charge in [0.2, 0.25) is 11.1 Å². The summed E-state index contributed by atoms with van der Waals surface area (Å²) in [4.78, 5) is 23.7. The number of methoxy groups -OCH3 is 1. The zero-order chi connectivity index (χ0) is 15.6. The van der Waals surface area contributed by atoms with Crippen molar-refractivity contribution in [1.29, 1.82) is 0 Å². The number of aryl methyl sites for hydroxylation is 2. The normalized spacial score (nSPS) is 10.5. The number of aromatic nitrogens is 2. The molecule has 0 atom stereocenters. The first-order chi connectivity index (χ1) is 9.97. The monoisotopic (exact) mass is 290 g/mol. The number of rotatable bonds is 3. The number of nitrogens with zero attached hydrogens (tertiary/aromatic N) is 2. The first-order valence-electron chi connectivity index (χ1n) is 6.45. The summed E-state index contributed by atoms with van der Waals surface area (Å²) in [7, 11) is 1.17. The molecular formula is C15H15FN2O3. The predicted octanol–water partition coefficient (Wildman–Crippen LogP) is 2.03. The lowest BCUT2D eigenvalue weighted by Gasteiger charge is -2.10. The Balaban J connectivity index is 2.69. The smallest absolute Gasteiger partial charge is 0.362 e. The second-order valence-corrected chi connectivity index (χ2v) is 4.58. The maximum absolute atomic E-state index is 14.0. The molecule has 1 heterocycles. The highest BCUT2D eigenvalue weighted by atomic mass is 19.1. The van der Waals surface area contributed by atoms with E-state index in [9.17, 15) is 14.0 Å². The van der Waals surface area contributed by atoms with E-state index in [1.807, 2.05) is 0 Å². The van der Waals surface area contributed by atoms with Crippen molar-refractivity contribution in [2.45, 2.75) is 20.3 Å². The van der Waals surface area contributed by atoms with Crippen LogP contribution in [0.4, 0.5) is 4.39 Å². The first-order valence-corrected chi connectivity index (χ1v) is 6.45. The molecule has 0 N–H and O–H groups in total. The predicted molar refractivity (Wildman–Crippen MR) is 75.2 cm³/mol. The molecule has 1 aromatic carbocycles. The molecular weight excluding hydrogens is 275 g/mol. The number of hydrogen-bond donors (Lipinski definition) is 0. The molecule has 0 radical (unpaired) electrons. The molecule has 0 saturated heterocycles. The Bertz CT molecular complexity index is 753. The van der Waals surface area contributed by atoms with Gasteiger partial charge in [-0.25, -0.2) is 13.9 Å². The Kier molecular flexibility index (Phi) is 4.16. The molecule has 5 nitrogen and oxygen atoms in total. The van der Waals surface area contributed by atoms with Gasteiger partial charge in [-0.15, -0.1) is 0 Å². The van der Waals surface area contributed by atoms with Crippen LogP contribution in [0.15, 0.2) is 29.2 Å². The SMILES string of the molecule is CCc1cn(-c2ccc(C)cc2F)nc(C(=O)OC)c1=O. The standard InChI is InChI=1S/C15H15FN2O3/c1-4-10-8-18(12-6-5-9(2)7-11(12)16)17-13(14(10)19)15(20)21-3/h5-8H,4H2,1-3H3. The van der Waals surface area contributed by atoms with Crippen molar-refractivity contribution in [3.63, 3.8) is 0 Å². The molecule has 0 aliphatic heterocycles. The zero-order valence-corrected chi connectivity index (χ0v) is 12.0. The third kappa shape index (κ3) is 2.84. The molecule has 0 unspecified atom stereocenters. The average Bonchev–Trinajstić information content (AvgIpc) is 2.47. The van der Waals surface area contributed by atoms with Crippen molar-refractivity contribution in [3.8, 4) is 5.69 Å². The largest absolute Gasteiger partial charge is 0.464 e. The van der Waals surface area contributed by atoms with Crippen molar-refractivity contribution in [2.24, 2.45) is 0 Å². The summed E-state index contributed by atoms with van der Waals surface area (Å²) in [6.45, 7) is 3.54. The van der Waals surface area contributed by atoms with Gasteiger partial charge >= 0.3 is 5.97 Å². The van der Waals surface area contributed by atoms with Gasteiger partial charge in [-0.2, -0.15) is 5.10 Å². The number of carbonyl (C=O) groups is 1. The van der Waals surface area contributed by atoms with E-state index >= 15 is 0 Å². The van der Waals surface area contributed by atoms with Gasteiger partial charge in [0.15, 0.2) is 0 Å². The van der Waals surface area contributed by atoms with Crippen molar-refractivity contribution in [3.05, 3.63) is 57.3 Å². The van der Waals surface area contributed by atoms with Crippen LogP contribution >= 0.6 is 0 Å². The van der Waals surface area contributed by atoms with Gasteiger partial charge in [-0.3, -0.25) is 4.79 Å². The summed E-state index contributed by atoms with van der Waals surface area (Å²) < 4.78 is 19.8. The van der Waals surface area contributed by atoms with E-state index < -0.39 is 17.2 Å². The fourth-order valence-electron chi connectivity index (χ4n) is 1.94. The summed E-state index contributed by atoms with van der Waals surface area (Å²) >= 11 is 0. The molecule has 1 aromatic heterocycles. The van der Waals surface area contributed by atoms with E-state index in [0.717, 1.165) is 5.56 Å². The Morgan fingerprint density at radius 3 is 2.71 bits per heavy atom. The minimum atomic E-state index is -0.837. The van der Waals surface area contributed by atoms with Crippen molar-refractivity contribution in [2.75, 3.05) is 7.11 Å². The van der Waals surface area contributed by atoms with Crippen LogP contribution in [0.25, 0.3) is 5.69 Å². The number of benzene rings is 1. The molecule has 0 bridgehead atoms. The van der Waals surface area contributed by atoms with Crippen LogP contribution < -0.4 is 5.43 Å². The molecule has 0 saturated carbocycles. The van der Waals surface area contributed by atoms with E-state index in [4.69, 9.17) is 0 Å². The van der Waals surface area contributed by atoms with Crippen molar-refractivity contribution < 1.29 is 13.9 Å². The molecule has 6 heteroatoms. The zero-order valence-electron chi connectivity index (χ0n) is 12.0. The van der Waals surface area contributed by atoms with E-state index in [1.165, 1.54) is 24.1 Å². The van der Waals surface area contributed by atoms with Crippen LogP contribution in [0.1, 0.15) is 28.5 Å². The Morgan fingerprint density at radius 2 is 2.14 bits per heavy atom. The summed E-state index contributed by atoms with van der Waals surface area (Å²) in [6.07, 6.45) is 1.83. The van der Waals surface area contributed by atoms with Gasteiger partial charge < -0.3 is 4.74 Å². The lowest BCUT2D eigenvalue weighted by molar-refractivity contribution is 0.0590. The number of carbonyl (C=O) groups excluding carboxylic acids is 1. The first kappa shape index (κ1) is 14.9. The highest BCUT2D eigenvalue weighted by molar-refractivity contribution is 5.87. The quantitative estimate of drug-likeness (QED) is 0.811. The van der Waals surface area contributed by atoms with Crippen LogP contribution in [0.5, 0.6) is 0 Å². The van der Waals surface area contributed by atoms with Gasteiger partial charge in [0.05, 0.1) is 7.11 Å². The summed E-state index contributed by atoms with van der Waals surface area (Å²) in [5, 5.41) is 3.90. The Labute approximate surface area is 121 Å². The van der Waals surface area contributed by atoms with E-state index in [-0.39, 0.29) is 11.4 Å².